The SMILES string of the molecule is CCN(CCN(C)C)Cc1cccc(N)c1. The lowest BCUT2D eigenvalue weighted by molar-refractivity contribution is 0.244. The van der Waals surface area contributed by atoms with E-state index in [0.717, 1.165) is 31.9 Å². The van der Waals surface area contributed by atoms with Gasteiger partial charge >= 0.3 is 0 Å². The molecule has 0 atom stereocenters. The fourth-order valence-corrected chi connectivity index (χ4v) is 1.64. The van der Waals surface area contributed by atoms with E-state index in [2.05, 4.69) is 43.0 Å². The number of nitrogens with zero attached hydrogens (tertiary/aromatic N) is 2. The van der Waals surface area contributed by atoms with Crippen molar-refractivity contribution in [3.05, 3.63) is 29.8 Å². The molecule has 0 saturated carbocycles. The fourth-order valence-electron chi connectivity index (χ4n) is 1.64. The second-order valence-electron chi connectivity index (χ2n) is 4.42. The van der Waals surface area contributed by atoms with Gasteiger partial charge in [-0.3, -0.25) is 4.90 Å². The van der Waals surface area contributed by atoms with Gasteiger partial charge in [-0.25, -0.2) is 0 Å². The van der Waals surface area contributed by atoms with Crippen LogP contribution in [0.25, 0.3) is 0 Å². The molecule has 0 bridgehead atoms. The Labute approximate surface area is 98.8 Å². The van der Waals surface area contributed by atoms with E-state index in [1.165, 1.54) is 5.56 Å². The highest BCUT2D eigenvalue weighted by molar-refractivity contribution is 5.40. The Kier molecular flexibility index (Phi) is 5.29. The van der Waals surface area contributed by atoms with Gasteiger partial charge in [0.1, 0.15) is 0 Å². The summed E-state index contributed by atoms with van der Waals surface area (Å²) in [6.45, 7) is 6.44. The maximum Gasteiger partial charge on any atom is 0.0317 e. The van der Waals surface area contributed by atoms with Crippen molar-refractivity contribution < 1.29 is 0 Å². The van der Waals surface area contributed by atoms with Crippen molar-refractivity contribution in [1.29, 1.82) is 0 Å². The Hall–Kier alpha value is -1.06. The quantitative estimate of drug-likeness (QED) is 0.741. The molecular formula is C13H23N3. The first-order valence-corrected chi connectivity index (χ1v) is 5.83. The van der Waals surface area contributed by atoms with E-state index >= 15 is 0 Å². The molecule has 0 aliphatic heterocycles. The van der Waals surface area contributed by atoms with Crippen LogP contribution in [0.3, 0.4) is 0 Å². The monoisotopic (exact) mass is 221 g/mol. The molecule has 0 fully saturated rings. The largest absolute Gasteiger partial charge is 0.399 e. The van der Waals surface area contributed by atoms with Crippen molar-refractivity contribution >= 4 is 5.69 Å². The van der Waals surface area contributed by atoms with Crippen LogP contribution < -0.4 is 5.73 Å². The van der Waals surface area contributed by atoms with E-state index in [0.29, 0.717) is 0 Å². The van der Waals surface area contributed by atoms with E-state index in [9.17, 15) is 0 Å². The molecule has 1 aromatic rings. The van der Waals surface area contributed by atoms with E-state index in [-0.39, 0.29) is 0 Å². The van der Waals surface area contributed by atoms with E-state index in [1.54, 1.807) is 0 Å². The number of anilines is 1. The molecule has 0 aliphatic carbocycles. The Balaban J connectivity index is 2.49. The van der Waals surface area contributed by atoms with E-state index < -0.39 is 0 Å². The Morgan fingerprint density at radius 2 is 1.94 bits per heavy atom. The third-order valence-corrected chi connectivity index (χ3v) is 2.67. The van der Waals surface area contributed by atoms with Gasteiger partial charge in [-0.2, -0.15) is 0 Å². The molecule has 0 amide bonds. The van der Waals surface area contributed by atoms with Gasteiger partial charge in [-0.05, 0) is 38.3 Å². The van der Waals surface area contributed by atoms with Gasteiger partial charge in [0, 0.05) is 25.3 Å². The summed E-state index contributed by atoms with van der Waals surface area (Å²) in [6, 6.07) is 8.14. The van der Waals surface area contributed by atoms with Crippen LogP contribution in [-0.2, 0) is 6.54 Å². The predicted octanol–water partition coefficient (Wildman–Crippen LogP) is 1.65. The number of rotatable bonds is 6. The van der Waals surface area contributed by atoms with Crippen LogP contribution in [0, 0.1) is 0 Å². The second-order valence-corrected chi connectivity index (χ2v) is 4.42. The molecular weight excluding hydrogens is 198 g/mol. The van der Waals surface area contributed by atoms with Crippen molar-refractivity contribution in [3.63, 3.8) is 0 Å². The van der Waals surface area contributed by atoms with Crippen LogP contribution in [0.5, 0.6) is 0 Å². The molecule has 2 N–H and O–H groups in total. The van der Waals surface area contributed by atoms with Crippen molar-refractivity contribution in [3.8, 4) is 0 Å². The standard InChI is InChI=1S/C13H23N3/c1-4-16(9-8-15(2)3)11-12-6-5-7-13(14)10-12/h5-7,10H,4,8-9,11,14H2,1-3H3. The van der Waals surface area contributed by atoms with Crippen molar-refractivity contribution in [1.82, 2.24) is 9.80 Å². The molecule has 90 valence electrons. The van der Waals surface area contributed by atoms with Gasteiger partial charge in [0.2, 0.25) is 0 Å². The highest BCUT2D eigenvalue weighted by atomic mass is 15.2. The first-order valence-electron chi connectivity index (χ1n) is 5.83. The zero-order valence-electron chi connectivity index (χ0n) is 10.6. The minimum atomic E-state index is 0.848. The Morgan fingerprint density at radius 1 is 1.19 bits per heavy atom. The van der Waals surface area contributed by atoms with Gasteiger partial charge in [-0.15, -0.1) is 0 Å². The molecule has 0 heterocycles. The van der Waals surface area contributed by atoms with Gasteiger partial charge in [0.25, 0.3) is 0 Å². The summed E-state index contributed by atoms with van der Waals surface area (Å²) in [4.78, 5) is 4.64. The molecule has 0 aliphatic rings. The molecule has 0 radical (unpaired) electrons. The minimum Gasteiger partial charge on any atom is -0.399 e. The van der Waals surface area contributed by atoms with Crippen molar-refractivity contribution in [2.24, 2.45) is 0 Å². The molecule has 0 saturated heterocycles. The summed E-state index contributed by atoms with van der Waals surface area (Å²) < 4.78 is 0. The highest BCUT2D eigenvalue weighted by Crippen LogP contribution is 2.09. The third kappa shape index (κ3) is 4.64. The zero-order valence-corrected chi connectivity index (χ0v) is 10.6. The summed E-state index contributed by atoms with van der Waals surface area (Å²) in [5.41, 5.74) is 7.91. The fraction of sp³-hybridized carbons (Fsp3) is 0.538. The molecule has 1 rings (SSSR count). The van der Waals surface area contributed by atoms with Gasteiger partial charge in [-0.1, -0.05) is 19.1 Å². The summed E-state index contributed by atoms with van der Waals surface area (Å²) in [5.74, 6) is 0. The molecule has 0 spiro atoms. The molecule has 1 aromatic carbocycles. The Morgan fingerprint density at radius 3 is 2.50 bits per heavy atom. The molecule has 0 unspecified atom stereocenters. The van der Waals surface area contributed by atoms with Gasteiger partial charge < -0.3 is 10.6 Å². The third-order valence-electron chi connectivity index (χ3n) is 2.67. The maximum absolute atomic E-state index is 5.77. The van der Waals surface area contributed by atoms with E-state index in [4.69, 9.17) is 5.73 Å². The van der Waals surface area contributed by atoms with Crippen LogP contribution >= 0.6 is 0 Å². The second kappa shape index (κ2) is 6.51. The van der Waals surface area contributed by atoms with Crippen LogP contribution in [0.1, 0.15) is 12.5 Å². The average molecular weight is 221 g/mol. The number of nitrogen functional groups attached to an aromatic ring is 1. The average Bonchev–Trinajstić information content (AvgIpc) is 2.24. The zero-order chi connectivity index (χ0) is 12.0. The number of hydrogen-bond donors (Lipinski definition) is 1. The van der Waals surface area contributed by atoms with Crippen LogP contribution in [0.2, 0.25) is 0 Å². The number of benzene rings is 1. The predicted molar refractivity (Wildman–Crippen MR) is 70.4 cm³/mol. The number of nitrogens with two attached hydrogens (primary N) is 1. The molecule has 16 heavy (non-hydrogen) atoms. The summed E-state index contributed by atoms with van der Waals surface area (Å²) in [7, 11) is 4.21. The topological polar surface area (TPSA) is 32.5 Å². The van der Waals surface area contributed by atoms with Crippen molar-refractivity contribution in [2.75, 3.05) is 39.5 Å². The summed E-state index contributed by atoms with van der Waals surface area (Å²) >= 11 is 0. The molecule has 3 nitrogen and oxygen atoms in total. The summed E-state index contributed by atoms with van der Waals surface area (Å²) in [6.07, 6.45) is 0. The lowest BCUT2D eigenvalue weighted by Crippen LogP contribution is -2.31. The van der Waals surface area contributed by atoms with Crippen molar-refractivity contribution in [2.45, 2.75) is 13.5 Å². The summed E-state index contributed by atoms with van der Waals surface area (Å²) in [5, 5.41) is 0. The normalized spacial score (nSPS) is 11.3. The van der Waals surface area contributed by atoms with Crippen LogP contribution in [-0.4, -0.2) is 43.5 Å². The minimum absolute atomic E-state index is 0.848. The first-order chi connectivity index (χ1) is 7.61. The van der Waals surface area contributed by atoms with E-state index in [1.807, 2.05) is 12.1 Å². The van der Waals surface area contributed by atoms with Crippen LogP contribution in [0.15, 0.2) is 24.3 Å². The highest BCUT2D eigenvalue weighted by Gasteiger charge is 2.04. The Bertz CT molecular complexity index is 310. The molecule has 0 aromatic heterocycles. The first kappa shape index (κ1) is 13.0. The molecule has 3 heteroatoms. The maximum atomic E-state index is 5.77. The van der Waals surface area contributed by atoms with Gasteiger partial charge in [0.15, 0.2) is 0 Å². The number of hydrogen-bond acceptors (Lipinski definition) is 3. The number of likely N-dealkylation sites (N-methyl/N-ethyl adjacent to an activating group) is 2. The lowest BCUT2D eigenvalue weighted by atomic mass is 10.2. The lowest BCUT2D eigenvalue weighted by Gasteiger charge is -2.22. The smallest absolute Gasteiger partial charge is 0.0317 e. The van der Waals surface area contributed by atoms with Crippen LogP contribution in [0.4, 0.5) is 5.69 Å². The van der Waals surface area contributed by atoms with Gasteiger partial charge in [0.05, 0.1) is 0 Å².